The summed E-state index contributed by atoms with van der Waals surface area (Å²) in [7, 11) is 2.10. The van der Waals surface area contributed by atoms with E-state index in [2.05, 4.69) is 39.1 Å². The van der Waals surface area contributed by atoms with Gasteiger partial charge in [-0.15, -0.1) is 5.10 Å². The molecule has 0 spiro atoms. The van der Waals surface area contributed by atoms with E-state index in [4.69, 9.17) is 10.9 Å². The third-order valence-corrected chi connectivity index (χ3v) is 3.34. The number of oxime groups is 1. The summed E-state index contributed by atoms with van der Waals surface area (Å²) in [5.74, 6) is 0.735. The summed E-state index contributed by atoms with van der Waals surface area (Å²) in [6.07, 6.45) is 1.54. The van der Waals surface area contributed by atoms with Crippen LogP contribution in [0.25, 0.3) is 0 Å². The van der Waals surface area contributed by atoms with Crippen LogP contribution < -0.4 is 10.6 Å². The van der Waals surface area contributed by atoms with Crippen molar-refractivity contribution >= 4 is 11.7 Å². The standard InChI is InChI=1S/C11H18N6O/c1-8-7-17(6-5-16(8)2)11-9(10(12)15-18)3-4-13-14-11/h3-4,8,18H,5-7H2,1-2H3,(H2,12,15). The highest BCUT2D eigenvalue weighted by Gasteiger charge is 2.24. The van der Waals surface area contributed by atoms with Crippen molar-refractivity contribution in [1.29, 1.82) is 0 Å². The van der Waals surface area contributed by atoms with E-state index in [9.17, 15) is 0 Å². The highest BCUT2D eigenvalue weighted by atomic mass is 16.4. The van der Waals surface area contributed by atoms with Crippen molar-refractivity contribution in [3.05, 3.63) is 17.8 Å². The molecule has 1 aliphatic heterocycles. The fourth-order valence-corrected chi connectivity index (χ4v) is 2.05. The van der Waals surface area contributed by atoms with Crippen LogP contribution in [0.4, 0.5) is 5.82 Å². The van der Waals surface area contributed by atoms with Gasteiger partial charge in [-0.05, 0) is 20.0 Å². The second-order valence-electron chi connectivity index (χ2n) is 4.53. The van der Waals surface area contributed by atoms with Gasteiger partial charge in [0.05, 0.1) is 11.8 Å². The van der Waals surface area contributed by atoms with E-state index in [1.165, 1.54) is 6.20 Å². The first-order valence-electron chi connectivity index (χ1n) is 5.88. The molecule has 0 aromatic carbocycles. The SMILES string of the molecule is CC1CN(c2nnccc2/C(N)=N/O)CCN1C. The number of amidine groups is 1. The number of nitrogens with zero attached hydrogens (tertiary/aromatic N) is 5. The highest BCUT2D eigenvalue weighted by molar-refractivity contribution is 6.01. The van der Waals surface area contributed by atoms with E-state index < -0.39 is 0 Å². The molecular weight excluding hydrogens is 232 g/mol. The van der Waals surface area contributed by atoms with Gasteiger partial charge in [0.15, 0.2) is 11.7 Å². The first-order valence-corrected chi connectivity index (χ1v) is 5.88. The van der Waals surface area contributed by atoms with Crippen LogP contribution in [0.15, 0.2) is 17.4 Å². The molecule has 0 amide bonds. The second-order valence-corrected chi connectivity index (χ2v) is 4.53. The Morgan fingerprint density at radius 1 is 1.56 bits per heavy atom. The molecule has 1 unspecified atom stereocenters. The number of nitrogens with two attached hydrogens (primary N) is 1. The maximum absolute atomic E-state index is 8.79. The second kappa shape index (κ2) is 5.18. The summed E-state index contributed by atoms with van der Waals surface area (Å²) >= 11 is 0. The van der Waals surface area contributed by atoms with Crippen LogP contribution in [-0.2, 0) is 0 Å². The normalized spacial score (nSPS) is 22.2. The Morgan fingerprint density at radius 3 is 3.00 bits per heavy atom. The van der Waals surface area contributed by atoms with Gasteiger partial charge in [-0.1, -0.05) is 5.16 Å². The van der Waals surface area contributed by atoms with Crippen molar-refractivity contribution in [2.45, 2.75) is 13.0 Å². The van der Waals surface area contributed by atoms with E-state index in [1.54, 1.807) is 6.07 Å². The number of hydrogen-bond donors (Lipinski definition) is 2. The summed E-state index contributed by atoms with van der Waals surface area (Å²) in [6, 6.07) is 2.14. The van der Waals surface area contributed by atoms with Gasteiger partial charge in [0.25, 0.3) is 0 Å². The highest BCUT2D eigenvalue weighted by Crippen LogP contribution is 2.19. The fourth-order valence-electron chi connectivity index (χ4n) is 2.05. The molecule has 2 rings (SSSR count). The Bertz CT molecular complexity index is 449. The van der Waals surface area contributed by atoms with Crippen LogP contribution in [-0.4, -0.2) is 58.9 Å². The summed E-state index contributed by atoms with van der Waals surface area (Å²) in [5.41, 5.74) is 6.27. The Hall–Kier alpha value is -1.89. The Labute approximate surface area is 106 Å². The molecule has 7 heteroatoms. The van der Waals surface area contributed by atoms with Crippen molar-refractivity contribution in [3.8, 4) is 0 Å². The van der Waals surface area contributed by atoms with Gasteiger partial charge < -0.3 is 20.7 Å². The predicted molar refractivity (Wildman–Crippen MR) is 68.8 cm³/mol. The molecule has 0 radical (unpaired) electrons. The van der Waals surface area contributed by atoms with Crippen molar-refractivity contribution in [2.75, 3.05) is 31.6 Å². The summed E-state index contributed by atoms with van der Waals surface area (Å²) in [5, 5.41) is 19.8. The molecule has 98 valence electrons. The molecular formula is C11H18N6O. The van der Waals surface area contributed by atoms with Crippen molar-refractivity contribution in [3.63, 3.8) is 0 Å². The molecule has 0 aliphatic carbocycles. The number of likely N-dealkylation sites (N-methyl/N-ethyl adjacent to an activating group) is 1. The van der Waals surface area contributed by atoms with E-state index in [1.807, 2.05) is 0 Å². The number of aromatic nitrogens is 2. The Balaban J connectivity index is 2.28. The molecule has 2 heterocycles. The van der Waals surface area contributed by atoms with Crippen molar-refractivity contribution in [2.24, 2.45) is 10.9 Å². The lowest BCUT2D eigenvalue weighted by atomic mass is 10.1. The van der Waals surface area contributed by atoms with Crippen LogP contribution in [0.5, 0.6) is 0 Å². The Kier molecular flexibility index (Phi) is 3.61. The first-order chi connectivity index (χ1) is 8.63. The first kappa shape index (κ1) is 12.6. The largest absolute Gasteiger partial charge is 0.409 e. The minimum absolute atomic E-state index is 0.0616. The van der Waals surface area contributed by atoms with Gasteiger partial charge in [0, 0.05) is 25.7 Å². The smallest absolute Gasteiger partial charge is 0.173 e. The quantitative estimate of drug-likeness (QED) is 0.324. The number of anilines is 1. The molecule has 3 N–H and O–H groups in total. The summed E-state index contributed by atoms with van der Waals surface area (Å²) in [6.45, 7) is 4.81. The predicted octanol–water partition coefficient (Wildman–Crippen LogP) is -0.289. The number of piperazine rings is 1. The number of rotatable bonds is 2. The third-order valence-electron chi connectivity index (χ3n) is 3.34. The molecule has 0 saturated carbocycles. The van der Waals surface area contributed by atoms with Gasteiger partial charge in [-0.3, -0.25) is 0 Å². The molecule has 7 nitrogen and oxygen atoms in total. The minimum Gasteiger partial charge on any atom is -0.409 e. The molecule has 1 fully saturated rings. The maximum atomic E-state index is 8.79. The zero-order chi connectivity index (χ0) is 13.1. The van der Waals surface area contributed by atoms with E-state index in [0.29, 0.717) is 17.4 Å². The lowest BCUT2D eigenvalue weighted by Gasteiger charge is -2.38. The van der Waals surface area contributed by atoms with Gasteiger partial charge in [-0.25, -0.2) is 0 Å². The average Bonchev–Trinajstić information content (AvgIpc) is 2.41. The summed E-state index contributed by atoms with van der Waals surface area (Å²) < 4.78 is 0. The van der Waals surface area contributed by atoms with E-state index >= 15 is 0 Å². The zero-order valence-electron chi connectivity index (χ0n) is 10.6. The Morgan fingerprint density at radius 2 is 2.33 bits per heavy atom. The van der Waals surface area contributed by atoms with Crippen molar-refractivity contribution < 1.29 is 5.21 Å². The third kappa shape index (κ3) is 2.35. The van der Waals surface area contributed by atoms with Crippen LogP contribution in [0.1, 0.15) is 12.5 Å². The molecule has 18 heavy (non-hydrogen) atoms. The van der Waals surface area contributed by atoms with Gasteiger partial charge in [-0.2, -0.15) is 5.10 Å². The molecule has 1 aliphatic rings. The monoisotopic (exact) mass is 250 g/mol. The lowest BCUT2D eigenvalue weighted by molar-refractivity contribution is 0.233. The average molecular weight is 250 g/mol. The van der Waals surface area contributed by atoms with Crippen LogP contribution in [0, 0.1) is 0 Å². The molecule has 1 aromatic heterocycles. The van der Waals surface area contributed by atoms with Crippen LogP contribution in [0.2, 0.25) is 0 Å². The number of hydrogen-bond acceptors (Lipinski definition) is 6. The molecule has 1 atom stereocenters. The molecule has 0 bridgehead atoms. The molecule has 1 aromatic rings. The lowest BCUT2D eigenvalue weighted by Crippen LogP contribution is -2.50. The zero-order valence-corrected chi connectivity index (χ0v) is 10.6. The minimum atomic E-state index is 0.0616. The van der Waals surface area contributed by atoms with Crippen LogP contribution >= 0.6 is 0 Å². The summed E-state index contributed by atoms with van der Waals surface area (Å²) in [4.78, 5) is 4.40. The van der Waals surface area contributed by atoms with Gasteiger partial charge >= 0.3 is 0 Å². The maximum Gasteiger partial charge on any atom is 0.173 e. The topological polar surface area (TPSA) is 90.9 Å². The van der Waals surface area contributed by atoms with E-state index in [-0.39, 0.29) is 5.84 Å². The molecule has 1 saturated heterocycles. The van der Waals surface area contributed by atoms with Gasteiger partial charge in [0.1, 0.15) is 0 Å². The van der Waals surface area contributed by atoms with Crippen molar-refractivity contribution in [1.82, 2.24) is 15.1 Å². The van der Waals surface area contributed by atoms with Gasteiger partial charge in [0.2, 0.25) is 0 Å². The van der Waals surface area contributed by atoms with Crippen LogP contribution in [0.3, 0.4) is 0 Å². The fraction of sp³-hybridized carbons (Fsp3) is 0.545. The van der Waals surface area contributed by atoms with E-state index in [0.717, 1.165) is 19.6 Å².